The predicted octanol–water partition coefficient (Wildman–Crippen LogP) is 1.25. The van der Waals surface area contributed by atoms with Gasteiger partial charge in [0.15, 0.2) is 0 Å². The molecule has 4 heteroatoms. The van der Waals surface area contributed by atoms with E-state index in [4.69, 9.17) is 5.73 Å². The maximum absolute atomic E-state index is 5.46. The van der Waals surface area contributed by atoms with E-state index < -0.39 is 0 Å². The molecule has 0 aliphatic carbocycles. The molecular weight excluding hydrogens is 218 g/mol. The van der Waals surface area contributed by atoms with Gasteiger partial charge < -0.3 is 10.3 Å². The molecule has 1 aromatic heterocycles. The molecule has 2 N–H and O–H groups in total. The highest BCUT2D eigenvalue weighted by Gasteiger charge is 2.09. The van der Waals surface area contributed by atoms with Crippen molar-refractivity contribution in [3.63, 3.8) is 0 Å². The fourth-order valence-corrected chi connectivity index (χ4v) is 1.69. The molecule has 0 saturated heterocycles. The lowest BCUT2D eigenvalue weighted by atomic mass is 10.3. The summed E-state index contributed by atoms with van der Waals surface area (Å²) in [5, 5.41) is 0. The molecule has 0 fully saturated rings. The van der Waals surface area contributed by atoms with E-state index in [1.165, 1.54) is 0 Å². The Morgan fingerprint density at radius 2 is 2.25 bits per heavy atom. The Kier molecular flexibility index (Phi) is 3.29. The van der Waals surface area contributed by atoms with Gasteiger partial charge in [0.25, 0.3) is 0 Å². The van der Waals surface area contributed by atoms with Crippen LogP contribution in [0.25, 0.3) is 0 Å². The van der Waals surface area contributed by atoms with Crippen molar-refractivity contribution in [1.82, 2.24) is 9.55 Å². The van der Waals surface area contributed by atoms with Gasteiger partial charge in [-0.15, -0.1) is 0 Å². The third-order valence-electron chi connectivity index (χ3n) is 1.88. The fraction of sp³-hybridized carbons (Fsp3) is 0.625. The first-order valence-electron chi connectivity index (χ1n) is 4.10. The van der Waals surface area contributed by atoms with E-state index in [1.54, 1.807) is 0 Å². The highest BCUT2D eigenvalue weighted by atomic mass is 79.9. The van der Waals surface area contributed by atoms with E-state index in [1.807, 2.05) is 7.05 Å². The van der Waals surface area contributed by atoms with Gasteiger partial charge in [0, 0.05) is 19.9 Å². The molecule has 0 aliphatic rings. The van der Waals surface area contributed by atoms with Gasteiger partial charge in [0.1, 0.15) is 10.4 Å². The summed E-state index contributed by atoms with van der Waals surface area (Å²) in [6.45, 7) is 2.75. The molecule has 0 radical (unpaired) electrons. The maximum Gasteiger partial charge on any atom is 0.109 e. The molecule has 0 aliphatic heterocycles. The lowest BCUT2D eigenvalue weighted by molar-refractivity contribution is 0.794. The van der Waals surface area contributed by atoms with Crippen LogP contribution in [-0.2, 0) is 19.9 Å². The van der Waals surface area contributed by atoms with Crippen molar-refractivity contribution in [3.8, 4) is 0 Å². The zero-order valence-electron chi connectivity index (χ0n) is 7.47. The van der Waals surface area contributed by atoms with E-state index >= 15 is 0 Å². The first-order chi connectivity index (χ1) is 5.70. The lowest BCUT2D eigenvalue weighted by Crippen LogP contribution is -2.03. The molecule has 0 saturated carbocycles. The standard InChI is InChI=1S/C8H14BrN3/c1-3-7-11-6(4-5-10)8(9)12(7)2/h3-5,10H2,1-2H3. The summed E-state index contributed by atoms with van der Waals surface area (Å²) < 4.78 is 3.12. The summed E-state index contributed by atoms with van der Waals surface area (Å²) >= 11 is 3.49. The first-order valence-corrected chi connectivity index (χ1v) is 4.90. The van der Waals surface area contributed by atoms with Gasteiger partial charge in [0.2, 0.25) is 0 Å². The second kappa shape index (κ2) is 4.05. The molecule has 0 atom stereocenters. The molecule has 0 amide bonds. The van der Waals surface area contributed by atoms with Gasteiger partial charge in [0.05, 0.1) is 5.69 Å². The lowest BCUT2D eigenvalue weighted by Gasteiger charge is -1.97. The summed E-state index contributed by atoms with van der Waals surface area (Å²) in [6.07, 6.45) is 1.80. The van der Waals surface area contributed by atoms with Crippen molar-refractivity contribution in [3.05, 3.63) is 16.1 Å². The summed E-state index contributed by atoms with van der Waals surface area (Å²) in [4.78, 5) is 4.45. The third kappa shape index (κ3) is 1.69. The minimum absolute atomic E-state index is 0.652. The molecule has 12 heavy (non-hydrogen) atoms. The number of aromatic nitrogens is 2. The average molecular weight is 232 g/mol. The Bertz CT molecular complexity index is 268. The van der Waals surface area contributed by atoms with Gasteiger partial charge in [-0.05, 0) is 22.5 Å². The second-order valence-corrected chi connectivity index (χ2v) is 3.47. The monoisotopic (exact) mass is 231 g/mol. The number of imidazole rings is 1. The van der Waals surface area contributed by atoms with Crippen LogP contribution in [0.3, 0.4) is 0 Å². The van der Waals surface area contributed by atoms with Gasteiger partial charge in [-0.2, -0.15) is 0 Å². The Balaban J connectivity index is 2.98. The molecule has 0 spiro atoms. The van der Waals surface area contributed by atoms with Crippen LogP contribution in [0.5, 0.6) is 0 Å². The highest BCUT2D eigenvalue weighted by molar-refractivity contribution is 9.10. The largest absolute Gasteiger partial charge is 0.330 e. The van der Waals surface area contributed by atoms with Crippen molar-refractivity contribution >= 4 is 15.9 Å². The summed E-state index contributed by atoms with van der Waals surface area (Å²) in [6, 6.07) is 0. The number of aryl methyl sites for hydroxylation is 1. The van der Waals surface area contributed by atoms with Crippen LogP contribution in [0.15, 0.2) is 4.60 Å². The van der Waals surface area contributed by atoms with Crippen LogP contribution in [0.2, 0.25) is 0 Å². The number of hydrogen-bond donors (Lipinski definition) is 1. The molecule has 1 heterocycles. The van der Waals surface area contributed by atoms with E-state index in [9.17, 15) is 0 Å². The topological polar surface area (TPSA) is 43.8 Å². The normalized spacial score (nSPS) is 10.7. The molecule has 0 aromatic carbocycles. The minimum atomic E-state index is 0.652. The number of rotatable bonds is 3. The van der Waals surface area contributed by atoms with Crippen molar-refractivity contribution < 1.29 is 0 Å². The van der Waals surface area contributed by atoms with Crippen molar-refractivity contribution in [2.24, 2.45) is 12.8 Å². The zero-order valence-corrected chi connectivity index (χ0v) is 9.06. The van der Waals surface area contributed by atoms with Gasteiger partial charge in [-0.25, -0.2) is 4.98 Å². The first kappa shape index (κ1) is 9.74. The Morgan fingerprint density at radius 3 is 2.67 bits per heavy atom. The Hall–Kier alpha value is -0.350. The van der Waals surface area contributed by atoms with Crippen LogP contribution >= 0.6 is 15.9 Å². The second-order valence-electron chi connectivity index (χ2n) is 2.72. The van der Waals surface area contributed by atoms with E-state index in [0.29, 0.717) is 6.54 Å². The van der Waals surface area contributed by atoms with E-state index in [0.717, 1.165) is 29.0 Å². The molecule has 1 aromatic rings. The molecule has 1 rings (SSSR count). The highest BCUT2D eigenvalue weighted by Crippen LogP contribution is 2.17. The number of nitrogens with two attached hydrogens (primary N) is 1. The van der Waals surface area contributed by atoms with Gasteiger partial charge in [-0.3, -0.25) is 0 Å². The van der Waals surface area contributed by atoms with Crippen LogP contribution < -0.4 is 5.73 Å². The maximum atomic E-state index is 5.46. The van der Waals surface area contributed by atoms with E-state index in [2.05, 4.69) is 32.4 Å². The molecule has 68 valence electrons. The summed E-state index contributed by atoms with van der Waals surface area (Å²) in [7, 11) is 2.01. The summed E-state index contributed by atoms with van der Waals surface area (Å²) in [5.41, 5.74) is 6.53. The molecule has 0 bridgehead atoms. The molecule has 3 nitrogen and oxygen atoms in total. The minimum Gasteiger partial charge on any atom is -0.330 e. The Morgan fingerprint density at radius 1 is 1.58 bits per heavy atom. The van der Waals surface area contributed by atoms with Crippen molar-refractivity contribution in [2.45, 2.75) is 19.8 Å². The van der Waals surface area contributed by atoms with Gasteiger partial charge in [-0.1, -0.05) is 6.92 Å². The Labute approximate surface area is 81.1 Å². The number of hydrogen-bond acceptors (Lipinski definition) is 2. The summed E-state index contributed by atoms with van der Waals surface area (Å²) in [5.74, 6) is 1.10. The third-order valence-corrected chi connectivity index (χ3v) is 2.87. The average Bonchev–Trinajstić information content (AvgIpc) is 2.33. The number of halogens is 1. The van der Waals surface area contributed by atoms with Crippen molar-refractivity contribution in [2.75, 3.05) is 6.54 Å². The smallest absolute Gasteiger partial charge is 0.109 e. The number of nitrogens with zero attached hydrogens (tertiary/aromatic N) is 2. The molecular formula is C8H14BrN3. The van der Waals surface area contributed by atoms with Crippen molar-refractivity contribution in [1.29, 1.82) is 0 Å². The molecule has 0 unspecified atom stereocenters. The fourth-order valence-electron chi connectivity index (χ4n) is 1.20. The quantitative estimate of drug-likeness (QED) is 0.852. The SMILES string of the molecule is CCc1nc(CCN)c(Br)n1C. The van der Waals surface area contributed by atoms with Crippen LogP contribution in [-0.4, -0.2) is 16.1 Å². The zero-order chi connectivity index (χ0) is 9.14. The predicted molar refractivity (Wildman–Crippen MR) is 53.0 cm³/mol. The van der Waals surface area contributed by atoms with Gasteiger partial charge >= 0.3 is 0 Å². The van der Waals surface area contributed by atoms with Crippen LogP contribution in [0, 0.1) is 0 Å². The van der Waals surface area contributed by atoms with E-state index in [-0.39, 0.29) is 0 Å². The van der Waals surface area contributed by atoms with Crippen LogP contribution in [0.4, 0.5) is 0 Å². The van der Waals surface area contributed by atoms with Crippen LogP contribution in [0.1, 0.15) is 18.4 Å².